The molecule has 1 atom stereocenters. The molecule has 80 valence electrons. The normalized spacial score (nSPS) is 15.7. The molecule has 0 aromatic heterocycles. The molecule has 0 aliphatic carbocycles. The molecular weight excluding hydrogens is 174 g/mol. The van der Waals surface area contributed by atoms with Crippen molar-refractivity contribution >= 4 is 10.2 Å². The largest absolute Gasteiger partial charge is 0.314 e. The fourth-order valence-electron chi connectivity index (χ4n) is 2.19. The van der Waals surface area contributed by atoms with Crippen LogP contribution in [-0.4, -0.2) is 22.8 Å². The smallest absolute Gasteiger partial charge is 0.0133 e. The quantitative estimate of drug-likeness (QED) is 0.669. The number of nitrogens with one attached hydrogen (secondary N) is 1. The molecule has 0 rings (SSSR count). The Labute approximate surface area is 87.1 Å². The predicted octanol–water partition coefficient (Wildman–Crippen LogP) is 1.82. The molecule has 0 radical (unpaired) electrons. The van der Waals surface area contributed by atoms with Crippen LogP contribution in [0.25, 0.3) is 0 Å². The van der Waals surface area contributed by atoms with Crippen molar-refractivity contribution in [1.29, 1.82) is 0 Å². The van der Waals surface area contributed by atoms with Crippen LogP contribution >= 0.6 is 0 Å². The van der Waals surface area contributed by atoms with Gasteiger partial charge in [-0.1, -0.05) is 34.6 Å². The molecule has 2 heteroatoms. The van der Waals surface area contributed by atoms with Gasteiger partial charge in [-0.3, -0.25) is 0 Å². The second kappa shape index (κ2) is 5.16. The van der Waals surface area contributed by atoms with E-state index in [-0.39, 0.29) is 0 Å². The summed E-state index contributed by atoms with van der Waals surface area (Å²) in [5.41, 5.74) is 0. The lowest BCUT2D eigenvalue weighted by molar-refractivity contribution is 0.244. The van der Waals surface area contributed by atoms with Crippen molar-refractivity contribution in [2.45, 2.75) is 52.6 Å². The van der Waals surface area contributed by atoms with Crippen LogP contribution in [0.4, 0.5) is 0 Å². The molecule has 0 aliphatic heterocycles. The van der Waals surface area contributed by atoms with Gasteiger partial charge in [-0.25, -0.2) is 0 Å². The molecule has 0 saturated carbocycles. The summed E-state index contributed by atoms with van der Waals surface area (Å²) in [5.74, 6) is 1.57. The summed E-state index contributed by atoms with van der Waals surface area (Å²) in [6, 6.07) is 0.657. The van der Waals surface area contributed by atoms with Crippen molar-refractivity contribution < 1.29 is 0 Å². The summed E-state index contributed by atoms with van der Waals surface area (Å²) >= 11 is 0. The third-order valence-electron chi connectivity index (χ3n) is 3.93. The molecule has 0 heterocycles. The zero-order valence-electron chi connectivity index (χ0n) is 10.4. The topological polar surface area (TPSA) is 12.0 Å². The first kappa shape index (κ1) is 13.2. The Kier molecular flexibility index (Phi) is 5.23. The van der Waals surface area contributed by atoms with E-state index in [2.05, 4.69) is 46.9 Å². The van der Waals surface area contributed by atoms with E-state index >= 15 is 0 Å². The Morgan fingerprint density at radius 3 is 1.69 bits per heavy atom. The second-order valence-corrected chi connectivity index (χ2v) is 6.69. The Morgan fingerprint density at radius 2 is 1.46 bits per heavy atom. The lowest BCUT2D eigenvalue weighted by Gasteiger charge is -2.43. The zero-order valence-corrected chi connectivity index (χ0v) is 12.4. The van der Waals surface area contributed by atoms with Crippen molar-refractivity contribution in [3.05, 3.63) is 0 Å². The van der Waals surface area contributed by atoms with E-state index in [0.29, 0.717) is 11.1 Å². The maximum absolute atomic E-state index is 3.58. The molecule has 0 fully saturated rings. The highest BCUT2D eigenvalue weighted by molar-refractivity contribution is 6.16. The SMILES string of the molecule is CCNC(C)C([SiH3])(C(C)C)C(C)C. The van der Waals surface area contributed by atoms with Crippen LogP contribution in [0.1, 0.15) is 41.5 Å². The number of hydrogen-bond acceptors (Lipinski definition) is 1. The third-order valence-corrected chi connectivity index (χ3v) is 7.11. The molecule has 1 N–H and O–H groups in total. The maximum atomic E-state index is 3.58. The zero-order chi connectivity index (χ0) is 10.6. The molecule has 0 aromatic carbocycles. The molecule has 0 amide bonds. The first-order valence-electron chi connectivity index (χ1n) is 5.60. The van der Waals surface area contributed by atoms with Gasteiger partial charge in [0.2, 0.25) is 0 Å². The van der Waals surface area contributed by atoms with Gasteiger partial charge in [0.05, 0.1) is 0 Å². The average molecular weight is 201 g/mol. The molecule has 1 unspecified atom stereocenters. The van der Waals surface area contributed by atoms with Crippen LogP contribution < -0.4 is 5.32 Å². The van der Waals surface area contributed by atoms with Crippen molar-refractivity contribution in [3.8, 4) is 0 Å². The van der Waals surface area contributed by atoms with E-state index in [9.17, 15) is 0 Å². The molecule has 1 nitrogen and oxygen atoms in total. The first-order chi connectivity index (χ1) is 5.87. The van der Waals surface area contributed by atoms with Gasteiger partial charge in [0, 0.05) is 16.3 Å². The summed E-state index contributed by atoms with van der Waals surface area (Å²) in [6.07, 6.45) is 0. The minimum Gasteiger partial charge on any atom is -0.314 e. The summed E-state index contributed by atoms with van der Waals surface area (Å²) in [4.78, 5) is 0. The Balaban J connectivity index is 4.58. The average Bonchev–Trinajstić information content (AvgIpc) is 2.02. The van der Waals surface area contributed by atoms with Crippen molar-refractivity contribution in [3.63, 3.8) is 0 Å². The lowest BCUT2D eigenvalue weighted by atomic mass is 9.79. The standard InChI is InChI=1S/C11H27NSi/c1-7-12-10(6)11(13,8(2)3)9(4)5/h8-10,12H,7H2,1-6,13H3. The molecule has 0 aromatic rings. The van der Waals surface area contributed by atoms with Gasteiger partial charge in [-0.15, -0.1) is 0 Å². The number of rotatable bonds is 5. The van der Waals surface area contributed by atoms with Crippen molar-refractivity contribution in [2.75, 3.05) is 6.54 Å². The van der Waals surface area contributed by atoms with Gasteiger partial charge in [0.25, 0.3) is 0 Å². The van der Waals surface area contributed by atoms with E-state index in [4.69, 9.17) is 0 Å². The lowest BCUT2D eigenvalue weighted by Crippen LogP contribution is -2.44. The highest BCUT2D eigenvalue weighted by atomic mass is 28.1. The van der Waals surface area contributed by atoms with E-state index in [1.54, 1.807) is 0 Å². The minimum atomic E-state index is 0.538. The Bertz CT molecular complexity index is 135. The van der Waals surface area contributed by atoms with Crippen LogP contribution in [0.5, 0.6) is 0 Å². The van der Waals surface area contributed by atoms with E-state index in [0.717, 1.165) is 18.4 Å². The van der Waals surface area contributed by atoms with Crippen LogP contribution in [0.3, 0.4) is 0 Å². The van der Waals surface area contributed by atoms with Crippen molar-refractivity contribution in [1.82, 2.24) is 5.32 Å². The van der Waals surface area contributed by atoms with Crippen LogP contribution in [-0.2, 0) is 0 Å². The Hall–Kier alpha value is 0.177. The summed E-state index contributed by atoms with van der Waals surface area (Å²) in [5, 5.41) is 4.12. The number of hydrogen-bond donors (Lipinski definition) is 1. The van der Waals surface area contributed by atoms with E-state index in [1.165, 1.54) is 10.2 Å². The highest BCUT2D eigenvalue weighted by Crippen LogP contribution is 2.43. The monoisotopic (exact) mass is 201 g/mol. The summed E-state index contributed by atoms with van der Waals surface area (Å²) in [7, 11) is 1.27. The highest BCUT2D eigenvalue weighted by Gasteiger charge is 2.36. The van der Waals surface area contributed by atoms with Gasteiger partial charge in [-0.05, 0) is 30.3 Å². The maximum Gasteiger partial charge on any atom is 0.0133 e. The van der Waals surface area contributed by atoms with Crippen LogP contribution in [0.15, 0.2) is 0 Å². The van der Waals surface area contributed by atoms with Crippen molar-refractivity contribution in [2.24, 2.45) is 11.8 Å². The van der Waals surface area contributed by atoms with E-state index in [1.807, 2.05) is 0 Å². The predicted molar refractivity (Wildman–Crippen MR) is 65.4 cm³/mol. The Morgan fingerprint density at radius 1 is 1.08 bits per heavy atom. The van der Waals surface area contributed by atoms with Gasteiger partial charge >= 0.3 is 0 Å². The minimum absolute atomic E-state index is 0.538. The first-order valence-corrected chi connectivity index (χ1v) is 6.60. The van der Waals surface area contributed by atoms with Crippen LogP contribution in [0.2, 0.25) is 5.04 Å². The van der Waals surface area contributed by atoms with E-state index < -0.39 is 0 Å². The molecule has 0 saturated heterocycles. The van der Waals surface area contributed by atoms with Gasteiger partial charge in [0.1, 0.15) is 0 Å². The molecular formula is C11H27NSi. The fraction of sp³-hybridized carbons (Fsp3) is 1.00. The second-order valence-electron chi connectivity index (χ2n) is 4.95. The van der Waals surface area contributed by atoms with Crippen LogP contribution in [0, 0.1) is 11.8 Å². The van der Waals surface area contributed by atoms with Gasteiger partial charge in [-0.2, -0.15) is 0 Å². The molecule has 0 bridgehead atoms. The fourth-order valence-corrected chi connectivity index (χ4v) is 2.40. The molecule has 13 heavy (non-hydrogen) atoms. The van der Waals surface area contributed by atoms with Gasteiger partial charge in [0.15, 0.2) is 0 Å². The third kappa shape index (κ3) is 2.81. The summed E-state index contributed by atoms with van der Waals surface area (Å²) < 4.78 is 0. The molecule has 0 spiro atoms. The molecule has 0 aliphatic rings. The summed E-state index contributed by atoms with van der Waals surface area (Å²) in [6.45, 7) is 15.1. The van der Waals surface area contributed by atoms with Gasteiger partial charge < -0.3 is 5.32 Å².